The van der Waals surface area contributed by atoms with Gasteiger partial charge in [-0.05, 0) is 19.2 Å². The molecule has 0 aliphatic rings. The molecule has 1 rings (SSSR count). The highest BCUT2D eigenvalue weighted by Gasteiger charge is 2.05. The highest BCUT2D eigenvalue weighted by atomic mass is 32.2. The van der Waals surface area contributed by atoms with Crippen LogP contribution in [0.5, 0.6) is 5.88 Å². The first-order valence-corrected chi connectivity index (χ1v) is 6.20. The third kappa shape index (κ3) is 3.41. The maximum Gasteiger partial charge on any atom is 0.214 e. The van der Waals surface area contributed by atoms with E-state index in [1.165, 1.54) is 11.8 Å². The van der Waals surface area contributed by atoms with Gasteiger partial charge >= 0.3 is 0 Å². The molecule has 0 unspecified atom stereocenters. The van der Waals surface area contributed by atoms with Gasteiger partial charge in [0.25, 0.3) is 0 Å². The van der Waals surface area contributed by atoms with Crippen molar-refractivity contribution in [2.75, 3.05) is 20.0 Å². The number of ether oxygens (including phenoxy) is 2. The molecule has 0 spiro atoms. The normalized spacial score (nSPS) is 11.4. The van der Waals surface area contributed by atoms with Gasteiger partial charge in [0.15, 0.2) is 5.90 Å². The molecule has 0 saturated heterocycles. The quantitative estimate of drug-likeness (QED) is 0.461. The second kappa shape index (κ2) is 6.37. The van der Waals surface area contributed by atoms with E-state index in [1.54, 1.807) is 13.2 Å². The van der Waals surface area contributed by atoms with E-state index >= 15 is 0 Å². The molecule has 16 heavy (non-hydrogen) atoms. The average Bonchev–Trinajstić information content (AvgIpc) is 2.30. The molecule has 1 aromatic heterocycles. The number of pyridine rings is 1. The molecule has 1 heterocycles. The van der Waals surface area contributed by atoms with Crippen LogP contribution in [0.3, 0.4) is 0 Å². The topological polar surface area (TPSA) is 43.7 Å². The highest BCUT2D eigenvalue weighted by molar-refractivity contribution is 7.98. The molecule has 0 aliphatic carbocycles. The van der Waals surface area contributed by atoms with Gasteiger partial charge in [-0.15, -0.1) is 11.8 Å². The van der Waals surface area contributed by atoms with E-state index < -0.39 is 0 Å². The van der Waals surface area contributed by atoms with Gasteiger partial charge in [-0.3, -0.25) is 0 Å². The molecule has 0 saturated carbocycles. The molecule has 0 amide bonds. The molecular formula is C11H16N2O2S. The average molecular weight is 240 g/mol. The summed E-state index contributed by atoms with van der Waals surface area (Å²) in [6.07, 6.45) is 1.96. The van der Waals surface area contributed by atoms with Crippen LogP contribution < -0.4 is 4.74 Å². The minimum absolute atomic E-state index is 0.595. The number of aliphatic imine (C=N–C) groups is 1. The molecule has 5 heteroatoms. The van der Waals surface area contributed by atoms with Crippen molar-refractivity contribution < 1.29 is 9.47 Å². The summed E-state index contributed by atoms with van der Waals surface area (Å²) in [4.78, 5) is 8.65. The van der Waals surface area contributed by atoms with Gasteiger partial charge < -0.3 is 9.47 Å². The van der Waals surface area contributed by atoms with E-state index in [9.17, 15) is 0 Å². The van der Waals surface area contributed by atoms with E-state index in [0.29, 0.717) is 18.4 Å². The Balaban J connectivity index is 2.99. The molecule has 0 bridgehead atoms. The predicted octanol–water partition coefficient (Wildman–Crippen LogP) is 2.90. The Morgan fingerprint density at radius 1 is 1.50 bits per heavy atom. The molecule has 0 atom stereocenters. The van der Waals surface area contributed by atoms with Crippen molar-refractivity contribution >= 4 is 23.3 Å². The second-order valence-electron chi connectivity index (χ2n) is 2.95. The van der Waals surface area contributed by atoms with Gasteiger partial charge in [0.05, 0.1) is 19.4 Å². The number of thioether (sulfide) groups is 1. The van der Waals surface area contributed by atoms with Crippen LogP contribution in [0, 0.1) is 0 Å². The van der Waals surface area contributed by atoms with Crippen molar-refractivity contribution in [3.8, 4) is 5.88 Å². The van der Waals surface area contributed by atoms with Crippen molar-refractivity contribution in [3.63, 3.8) is 0 Å². The fourth-order valence-corrected chi connectivity index (χ4v) is 1.68. The zero-order valence-electron chi connectivity index (χ0n) is 9.98. The van der Waals surface area contributed by atoms with Gasteiger partial charge in [-0.25, -0.2) is 9.98 Å². The summed E-state index contributed by atoms with van der Waals surface area (Å²) in [5.74, 6) is 1.24. The second-order valence-corrected chi connectivity index (χ2v) is 3.74. The number of hydrogen-bond acceptors (Lipinski definition) is 5. The Bertz CT molecular complexity index is 380. The van der Waals surface area contributed by atoms with Gasteiger partial charge in [-0.2, -0.15) is 0 Å². The Morgan fingerprint density at radius 3 is 2.81 bits per heavy atom. The van der Waals surface area contributed by atoms with Crippen LogP contribution in [0.25, 0.3) is 0 Å². The molecule has 0 radical (unpaired) electrons. The minimum Gasteiger partial charge on any atom is -0.481 e. The van der Waals surface area contributed by atoms with Gasteiger partial charge in [-0.1, -0.05) is 0 Å². The first-order chi connectivity index (χ1) is 7.71. The van der Waals surface area contributed by atoms with Crippen molar-refractivity contribution in [1.29, 1.82) is 0 Å². The summed E-state index contributed by atoms with van der Waals surface area (Å²) in [6.45, 7) is 4.38. The number of rotatable bonds is 4. The number of hydrogen-bond donors (Lipinski definition) is 0. The lowest BCUT2D eigenvalue weighted by molar-refractivity contribution is 0.324. The summed E-state index contributed by atoms with van der Waals surface area (Å²) in [6, 6.07) is 3.66. The number of aromatic nitrogens is 1. The van der Waals surface area contributed by atoms with Crippen LogP contribution >= 0.6 is 11.8 Å². The maximum absolute atomic E-state index is 5.28. The molecule has 0 N–H and O–H groups in total. The van der Waals surface area contributed by atoms with Crippen molar-refractivity contribution in [1.82, 2.24) is 4.98 Å². The third-order valence-electron chi connectivity index (χ3n) is 1.85. The fraction of sp³-hybridized carbons (Fsp3) is 0.455. The number of nitrogens with zero attached hydrogens (tertiary/aromatic N) is 2. The van der Waals surface area contributed by atoms with Crippen LogP contribution in [-0.4, -0.2) is 30.9 Å². The molecule has 0 fully saturated rings. The zero-order valence-corrected chi connectivity index (χ0v) is 10.8. The lowest BCUT2D eigenvalue weighted by atomic mass is 10.4. The molecule has 0 aromatic carbocycles. The highest BCUT2D eigenvalue weighted by Crippen LogP contribution is 2.28. The van der Waals surface area contributed by atoms with Gasteiger partial charge in [0.2, 0.25) is 5.88 Å². The summed E-state index contributed by atoms with van der Waals surface area (Å²) < 4.78 is 10.3. The Labute approximate surface area is 100 Å². The van der Waals surface area contributed by atoms with E-state index in [1.807, 2.05) is 26.2 Å². The Hall–Kier alpha value is -1.23. The first kappa shape index (κ1) is 12.8. The molecule has 0 aliphatic heterocycles. The van der Waals surface area contributed by atoms with E-state index in [2.05, 4.69) is 9.98 Å². The largest absolute Gasteiger partial charge is 0.481 e. The van der Waals surface area contributed by atoms with Crippen molar-refractivity contribution in [2.24, 2.45) is 4.99 Å². The van der Waals surface area contributed by atoms with Crippen molar-refractivity contribution in [2.45, 2.75) is 18.9 Å². The van der Waals surface area contributed by atoms with E-state index in [0.717, 1.165) is 10.7 Å². The summed E-state index contributed by atoms with van der Waals surface area (Å²) in [5.41, 5.74) is 0.805. The third-order valence-corrected chi connectivity index (χ3v) is 2.54. The maximum atomic E-state index is 5.28. The summed E-state index contributed by atoms with van der Waals surface area (Å²) >= 11 is 1.53. The molecule has 4 nitrogen and oxygen atoms in total. The van der Waals surface area contributed by atoms with Gasteiger partial charge in [0.1, 0.15) is 5.03 Å². The molecule has 88 valence electrons. The van der Waals surface area contributed by atoms with Crippen LogP contribution in [0.15, 0.2) is 22.2 Å². The smallest absolute Gasteiger partial charge is 0.214 e. The van der Waals surface area contributed by atoms with Crippen LogP contribution in [0.1, 0.15) is 13.8 Å². The first-order valence-electron chi connectivity index (χ1n) is 4.98. The lowest BCUT2D eigenvalue weighted by Crippen LogP contribution is -1.98. The zero-order chi connectivity index (χ0) is 12.0. The lowest BCUT2D eigenvalue weighted by Gasteiger charge is -2.06. The standard InChI is InChI=1S/C11H16N2O2S/c1-5-15-8(2)12-9-6-7-10(14-3)13-11(9)16-4/h6-7H,5H2,1-4H3. The van der Waals surface area contributed by atoms with Crippen LogP contribution in [0.2, 0.25) is 0 Å². The van der Waals surface area contributed by atoms with Crippen LogP contribution in [-0.2, 0) is 4.74 Å². The monoisotopic (exact) mass is 240 g/mol. The van der Waals surface area contributed by atoms with Crippen LogP contribution in [0.4, 0.5) is 5.69 Å². The number of methoxy groups -OCH3 is 1. The fourth-order valence-electron chi connectivity index (χ4n) is 1.18. The van der Waals surface area contributed by atoms with E-state index in [4.69, 9.17) is 9.47 Å². The SMILES string of the molecule is CCOC(C)=Nc1ccc(OC)nc1SC. The molecular weight excluding hydrogens is 224 g/mol. The molecule has 1 aromatic rings. The van der Waals surface area contributed by atoms with Crippen molar-refractivity contribution in [3.05, 3.63) is 12.1 Å². The summed E-state index contributed by atoms with van der Waals surface area (Å²) in [5, 5.41) is 0.832. The van der Waals surface area contributed by atoms with Gasteiger partial charge in [0, 0.05) is 13.0 Å². The minimum atomic E-state index is 0.595. The Morgan fingerprint density at radius 2 is 2.25 bits per heavy atom. The predicted molar refractivity (Wildman–Crippen MR) is 67.0 cm³/mol. The van der Waals surface area contributed by atoms with E-state index in [-0.39, 0.29) is 0 Å². The Kier molecular flexibility index (Phi) is 5.11. The summed E-state index contributed by atoms with van der Waals surface area (Å²) in [7, 11) is 1.60.